The van der Waals surface area contributed by atoms with Gasteiger partial charge in [-0.25, -0.2) is 4.39 Å². The van der Waals surface area contributed by atoms with Gasteiger partial charge in [0.05, 0.1) is 5.69 Å². The van der Waals surface area contributed by atoms with E-state index in [1.54, 1.807) is 34.3 Å². The van der Waals surface area contributed by atoms with E-state index in [2.05, 4.69) is 25.7 Å². The molecule has 0 bridgehead atoms. The van der Waals surface area contributed by atoms with E-state index in [9.17, 15) is 9.18 Å². The summed E-state index contributed by atoms with van der Waals surface area (Å²) >= 11 is 6.30. The molecule has 10 heteroatoms. The van der Waals surface area contributed by atoms with E-state index in [4.69, 9.17) is 11.6 Å². The van der Waals surface area contributed by atoms with Gasteiger partial charge in [-0.1, -0.05) is 17.7 Å². The van der Waals surface area contributed by atoms with Gasteiger partial charge in [0.15, 0.2) is 17.3 Å². The Hall–Kier alpha value is -3.33. The number of anilines is 1. The summed E-state index contributed by atoms with van der Waals surface area (Å²) in [5, 5.41) is 20.4. The summed E-state index contributed by atoms with van der Waals surface area (Å²) in [5.74, 6) is 0.747. The highest BCUT2D eigenvalue weighted by atomic mass is 35.5. The maximum absolute atomic E-state index is 13.5. The van der Waals surface area contributed by atoms with Gasteiger partial charge >= 0.3 is 0 Å². The Labute approximate surface area is 169 Å². The predicted molar refractivity (Wildman–Crippen MR) is 104 cm³/mol. The molecular formula is C19H15ClFN7O. The zero-order valence-corrected chi connectivity index (χ0v) is 16.3. The Bertz CT molecular complexity index is 1300. The molecule has 1 N–H and O–H groups in total. The normalized spacial score (nSPS) is 16.1. The molecular weight excluding hydrogens is 397 g/mol. The fraction of sp³-hybridized carbons (Fsp3) is 0.211. The second-order valence-corrected chi connectivity index (χ2v) is 7.35. The summed E-state index contributed by atoms with van der Waals surface area (Å²) in [6.45, 7) is 3.66. The van der Waals surface area contributed by atoms with Crippen LogP contribution in [0.2, 0.25) is 5.02 Å². The minimum Gasteiger partial charge on any atom is -0.310 e. The molecule has 0 radical (unpaired) electrons. The number of aryl methyl sites for hydroxylation is 2. The fourth-order valence-electron chi connectivity index (χ4n) is 3.76. The lowest BCUT2D eigenvalue weighted by Gasteiger charge is -2.25. The topological polar surface area (TPSA) is 90.0 Å². The molecule has 0 spiro atoms. The summed E-state index contributed by atoms with van der Waals surface area (Å²) in [4.78, 5) is 12.5. The minimum absolute atomic E-state index is 0.175. The van der Waals surface area contributed by atoms with Crippen LogP contribution < -0.4 is 5.32 Å². The largest absolute Gasteiger partial charge is 0.310 e. The first-order valence-electron chi connectivity index (χ1n) is 8.96. The third kappa shape index (κ3) is 2.77. The first kappa shape index (κ1) is 17.7. The molecule has 1 aromatic carbocycles. The highest BCUT2D eigenvalue weighted by molar-refractivity contribution is 6.31. The Kier molecular flexibility index (Phi) is 3.88. The summed E-state index contributed by atoms with van der Waals surface area (Å²) < 4.78 is 16.7. The fourth-order valence-corrected chi connectivity index (χ4v) is 4.06. The van der Waals surface area contributed by atoms with Crippen molar-refractivity contribution in [3.8, 4) is 5.82 Å². The van der Waals surface area contributed by atoms with Crippen molar-refractivity contribution >= 4 is 29.0 Å². The SMILES string of the molecule is Cc1nn(-c2ccc3nnc(C)n3n2)c2c1C(c1ccc(F)cc1Cl)CC(=O)N2. The zero-order valence-electron chi connectivity index (χ0n) is 15.5. The van der Waals surface area contributed by atoms with Crippen molar-refractivity contribution in [1.82, 2.24) is 29.6 Å². The van der Waals surface area contributed by atoms with Crippen LogP contribution in [0.15, 0.2) is 30.3 Å². The van der Waals surface area contributed by atoms with Gasteiger partial charge in [0.25, 0.3) is 0 Å². The zero-order chi connectivity index (χ0) is 20.3. The molecule has 1 aliphatic rings. The Morgan fingerprint density at radius 1 is 1.17 bits per heavy atom. The van der Waals surface area contributed by atoms with Crippen LogP contribution in [0.5, 0.6) is 0 Å². The van der Waals surface area contributed by atoms with Crippen molar-refractivity contribution in [3.63, 3.8) is 0 Å². The van der Waals surface area contributed by atoms with Crippen LogP contribution in [0, 0.1) is 19.7 Å². The van der Waals surface area contributed by atoms with Crippen LogP contribution in [-0.4, -0.2) is 35.5 Å². The van der Waals surface area contributed by atoms with E-state index in [0.717, 1.165) is 11.3 Å². The van der Waals surface area contributed by atoms with Crippen LogP contribution in [0.25, 0.3) is 11.5 Å². The molecule has 146 valence electrons. The Balaban J connectivity index is 1.69. The number of nitrogens with zero attached hydrogens (tertiary/aromatic N) is 6. The van der Waals surface area contributed by atoms with Crippen molar-refractivity contribution in [2.24, 2.45) is 0 Å². The number of aromatic nitrogens is 6. The van der Waals surface area contributed by atoms with Gasteiger partial charge in [0.2, 0.25) is 5.91 Å². The van der Waals surface area contributed by atoms with Gasteiger partial charge in [-0.05, 0) is 43.7 Å². The van der Waals surface area contributed by atoms with Crippen LogP contribution in [0.1, 0.15) is 35.0 Å². The quantitative estimate of drug-likeness (QED) is 0.547. The predicted octanol–water partition coefficient (Wildman–Crippen LogP) is 3.19. The number of hydrogen-bond acceptors (Lipinski definition) is 5. The number of amides is 1. The van der Waals surface area contributed by atoms with Crippen molar-refractivity contribution < 1.29 is 9.18 Å². The van der Waals surface area contributed by atoms with E-state index >= 15 is 0 Å². The first-order chi connectivity index (χ1) is 13.9. The number of hydrogen-bond donors (Lipinski definition) is 1. The van der Waals surface area contributed by atoms with E-state index < -0.39 is 5.82 Å². The van der Waals surface area contributed by atoms with Gasteiger partial charge in [-0.2, -0.15) is 14.3 Å². The second-order valence-electron chi connectivity index (χ2n) is 6.94. The maximum Gasteiger partial charge on any atom is 0.226 e. The van der Waals surface area contributed by atoms with Crippen LogP contribution in [0.3, 0.4) is 0 Å². The molecule has 0 aliphatic carbocycles. The molecule has 5 rings (SSSR count). The van der Waals surface area contributed by atoms with Crippen LogP contribution in [0.4, 0.5) is 10.2 Å². The molecule has 0 saturated carbocycles. The Morgan fingerprint density at radius 2 is 2.00 bits per heavy atom. The molecule has 1 atom stereocenters. The molecule has 4 heterocycles. The molecule has 8 nitrogen and oxygen atoms in total. The second kappa shape index (κ2) is 6.35. The third-order valence-electron chi connectivity index (χ3n) is 5.06. The molecule has 1 amide bonds. The number of carbonyl (C=O) groups excluding carboxylic acids is 1. The van der Waals surface area contributed by atoms with Gasteiger partial charge in [0.1, 0.15) is 11.6 Å². The summed E-state index contributed by atoms with van der Waals surface area (Å²) in [6, 6.07) is 7.76. The van der Waals surface area contributed by atoms with E-state index in [-0.39, 0.29) is 23.3 Å². The molecule has 3 aromatic heterocycles. The molecule has 1 unspecified atom stereocenters. The summed E-state index contributed by atoms with van der Waals surface area (Å²) in [5.41, 5.74) is 2.86. The number of fused-ring (bicyclic) bond motifs is 2. The number of benzene rings is 1. The maximum atomic E-state index is 13.5. The Morgan fingerprint density at radius 3 is 2.79 bits per heavy atom. The van der Waals surface area contributed by atoms with Gasteiger partial charge < -0.3 is 5.32 Å². The smallest absolute Gasteiger partial charge is 0.226 e. The van der Waals surface area contributed by atoms with E-state index in [1.807, 2.05) is 6.92 Å². The number of halogens is 2. The van der Waals surface area contributed by atoms with Crippen molar-refractivity contribution in [1.29, 1.82) is 0 Å². The highest BCUT2D eigenvalue weighted by Crippen LogP contribution is 2.42. The van der Waals surface area contributed by atoms with E-state index in [0.29, 0.717) is 28.7 Å². The lowest BCUT2D eigenvalue weighted by atomic mass is 9.86. The highest BCUT2D eigenvalue weighted by Gasteiger charge is 2.34. The third-order valence-corrected chi connectivity index (χ3v) is 5.39. The average Bonchev–Trinajstić information content (AvgIpc) is 3.21. The number of carbonyl (C=O) groups is 1. The summed E-state index contributed by atoms with van der Waals surface area (Å²) in [7, 11) is 0. The standard InChI is InChI=1S/C19H15ClFN7O/c1-9-18-13(12-4-3-11(21)7-14(12)20)8-17(29)22-19(18)28(25-9)16-6-5-15-24-23-10(2)27(15)26-16/h3-7,13H,8H2,1-2H3,(H,22,29). The van der Waals surface area contributed by atoms with Crippen molar-refractivity contribution in [2.75, 3.05) is 5.32 Å². The van der Waals surface area contributed by atoms with Gasteiger partial charge in [0, 0.05) is 22.9 Å². The van der Waals surface area contributed by atoms with Crippen LogP contribution >= 0.6 is 11.6 Å². The molecule has 0 fully saturated rings. The minimum atomic E-state index is -0.423. The number of rotatable bonds is 2. The molecule has 0 saturated heterocycles. The lowest BCUT2D eigenvalue weighted by molar-refractivity contribution is -0.116. The summed E-state index contributed by atoms with van der Waals surface area (Å²) in [6.07, 6.45) is 0.196. The van der Waals surface area contributed by atoms with Gasteiger partial charge in [-0.15, -0.1) is 15.3 Å². The van der Waals surface area contributed by atoms with E-state index in [1.165, 1.54) is 12.1 Å². The van der Waals surface area contributed by atoms with Crippen molar-refractivity contribution in [3.05, 3.63) is 63.8 Å². The lowest BCUT2D eigenvalue weighted by Crippen LogP contribution is -2.25. The van der Waals surface area contributed by atoms with Gasteiger partial charge in [-0.3, -0.25) is 4.79 Å². The number of nitrogens with one attached hydrogen (secondary N) is 1. The molecule has 1 aliphatic heterocycles. The monoisotopic (exact) mass is 411 g/mol. The van der Waals surface area contributed by atoms with Crippen molar-refractivity contribution in [2.45, 2.75) is 26.2 Å². The molecule has 29 heavy (non-hydrogen) atoms. The van der Waals surface area contributed by atoms with Crippen LogP contribution in [-0.2, 0) is 4.79 Å². The first-order valence-corrected chi connectivity index (χ1v) is 9.34. The average molecular weight is 412 g/mol. The molecule has 4 aromatic rings.